The Balaban J connectivity index is 2.65. The summed E-state index contributed by atoms with van der Waals surface area (Å²) in [6.45, 7) is 1.81. The fraction of sp³-hybridized carbons (Fsp3) is 0.667. The molecule has 32 heavy (non-hydrogen) atoms. The van der Waals surface area contributed by atoms with Crippen molar-refractivity contribution < 1.29 is 34.2 Å². The van der Waals surface area contributed by atoms with E-state index in [9.17, 15) is 29.1 Å². The number of guanidine groups is 1. The number of aliphatic carboxylic acids is 2. The highest BCUT2D eigenvalue weighted by molar-refractivity contribution is 5.94. The Hall–Kier alpha value is -3.42. The first-order chi connectivity index (χ1) is 14.9. The van der Waals surface area contributed by atoms with E-state index in [0.717, 1.165) is 0 Å². The van der Waals surface area contributed by atoms with Crippen LogP contribution in [0.3, 0.4) is 0 Å². The molecule has 0 aromatic rings. The van der Waals surface area contributed by atoms with Gasteiger partial charge in [0.25, 0.3) is 0 Å². The number of carbonyl (C=O) groups is 5. The molecule has 1 saturated heterocycles. The third kappa shape index (κ3) is 8.37. The van der Waals surface area contributed by atoms with Gasteiger partial charge in [-0.2, -0.15) is 0 Å². The monoisotopic (exact) mass is 457 g/mol. The molecular formula is C18H31N7O7. The summed E-state index contributed by atoms with van der Waals surface area (Å²) in [4.78, 5) is 64.5. The van der Waals surface area contributed by atoms with Crippen molar-refractivity contribution in [2.24, 2.45) is 22.2 Å². The van der Waals surface area contributed by atoms with Gasteiger partial charge in [-0.1, -0.05) is 0 Å². The van der Waals surface area contributed by atoms with Crippen molar-refractivity contribution in [1.82, 2.24) is 15.5 Å². The fourth-order valence-electron chi connectivity index (χ4n) is 3.22. The zero-order valence-corrected chi connectivity index (χ0v) is 17.8. The molecule has 0 bridgehead atoms. The van der Waals surface area contributed by atoms with Crippen LogP contribution in [-0.4, -0.2) is 88.0 Å². The van der Waals surface area contributed by atoms with Gasteiger partial charge in [0.05, 0.1) is 12.5 Å². The lowest BCUT2D eigenvalue weighted by molar-refractivity contribution is -0.144. The SMILES string of the molecule is CC(NC(=O)C1CCCN1C(=O)C(N)CC(=O)O)C(=O)NC(CCCN=C(N)N)C(=O)O. The van der Waals surface area contributed by atoms with Gasteiger partial charge in [0.1, 0.15) is 18.1 Å². The third-order valence-corrected chi connectivity index (χ3v) is 4.86. The molecule has 1 aliphatic rings. The lowest BCUT2D eigenvalue weighted by Crippen LogP contribution is -2.56. The van der Waals surface area contributed by atoms with Gasteiger partial charge in [-0.3, -0.25) is 24.2 Å². The number of amides is 3. The summed E-state index contributed by atoms with van der Waals surface area (Å²) < 4.78 is 0. The molecule has 1 rings (SSSR count). The highest BCUT2D eigenvalue weighted by Gasteiger charge is 2.37. The van der Waals surface area contributed by atoms with Crippen LogP contribution in [-0.2, 0) is 24.0 Å². The number of carboxylic acids is 2. The summed E-state index contributed by atoms with van der Waals surface area (Å²) in [5.41, 5.74) is 16.0. The van der Waals surface area contributed by atoms with Crippen LogP contribution in [0.2, 0.25) is 0 Å². The zero-order chi connectivity index (χ0) is 24.4. The van der Waals surface area contributed by atoms with E-state index in [0.29, 0.717) is 19.3 Å². The molecule has 180 valence electrons. The van der Waals surface area contributed by atoms with Crippen LogP contribution in [0.4, 0.5) is 0 Å². The van der Waals surface area contributed by atoms with E-state index in [1.54, 1.807) is 0 Å². The highest BCUT2D eigenvalue weighted by atomic mass is 16.4. The third-order valence-electron chi connectivity index (χ3n) is 4.86. The predicted molar refractivity (Wildman–Crippen MR) is 112 cm³/mol. The Bertz CT molecular complexity index is 754. The Kier molecular flexibility index (Phi) is 10.3. The van der Waals surface area contributed by atoms with Crippen molar-refractivity contribution >= 4 is 35.6 Å². The standard InChI is InChI=1S/C18H31N7O7/c1-9(14(28)24-11(17(31)32)4-2-6-22-18(20)21)23-15(29)12-5-3-7-25(12)16(30)10(19)8-13(26)27/h9-12H,2-8,19H2,1H3,(H,23,29)(H,24,28)(H,26,27)(H,31,32)(H4,20,21,22). The summed E-state index contributed by atoms with van der Waals surface area (Å²) >= 11 is 0. The minimum absolute atomic E-state index is 0.0743. The maximum atomic E-state index is 12.6. The summed E-state index contributed by atoms with van der Waals surface area (Å²) in [6, 6.07) is -4.45. The van der Waals surface area contributed by atoms with Crippen molar-refractivity contribution in [3.05, 3.63) is 0 Å². The van der Waals surface area contributed by atoms with Crippen LogP contribution >= 0.6 is 0 Å². The number of carbonyl (C=O) groups excluding carboxylic acids is 3. The van der Waals surface area contributed by atoms with Gasteiger partial charge in [-0.25, -0.2) is 4.79 Å². The molecule has 3 amide bonds. The molecule has 0 radical (unpaired) electrons. The fourth-order valence-corrected chi connectivity index (χ4v) is 3.22. The molecule has 4 atom stereocenters. The summed E-state index contributed by atoms with van der Waals surface area (Å²) in [7, 11) is 0. The number of rotatable bonds is 12. The quantitative estimate of drug-likeness (QED) is 0.0884. The topological polar surface area (TPSA) is 244 Å². The Morgan fingerprint density at radius 3 is 2.38 bits per heavy atom. The maximum absolute atomic E-state index is 12.6. The van der Waals surface area contributed by atoms with Crippen molar-refractivity contribution in [3.8, 4) is 0 Å². The highest BCUT2D eigenvalue weighted by Crippen LogP contribution is 2.19. The number of likely N-dealkylation sites (tertiary alicyclic amines) is 1. The van der Waals surface area contributed by atoms with Gasteiger partial charge in [0.15, 0.2) is 5.96 Å². The van der Waals surface area contributed by atoms with E-state index >= 15 is 0 Å². The number of carboxylic acid groups (broad SMARTS) is 2. The van der Waals surface area contributed by atoms with Crippen LogP contribution < -0.4 is 27.8 Å². The molecule has 0 aromatic carbocycles. The second kappa shape index (κ2) is 12.4. The normalized spacial score (nSPS) is 18.2. The second-order valence-corrected chi connectivity index (χ2v) is 7.47. The number of nitrogens with two attached hydrogens (primary N) is 3. The lowest BCUT2D eigenvalue weighted by atomic mass is 10.1. The summed E-state index contributed by atoms with van der Waals surface area (Å²) in [5, 5.41) is 22.9. The van der Waals surface area contributed by atoms with Gasteiger partial charge in [-0.15, -0.1) is 0 Å². The molecule has 0 spiro atoms. The van der Waals surface area contributed by atoms with Crippen molar-refractivity contribution in [3.63, 3.8) is 0 Å². The van der Waals surface area contributed by atoms with E-state index in [1.807, 2.05) is 0 Å². The van der Waals surface area contributed by atoms with Crippen LogP contribution in [0.25, 0.3) is 0 Å². The first kappa shape index (κ1) is 26.6. The van der Waals surface area contributed by atoms with Crippen molar-refractivity contribution in [2.75, 3.05) is 13.1 Å². The van der Waals surface area contributed by atoms with Crippen molar-refractivity contribution in [1.29, 1.82) is 0 Å². The summed E-state index contributed by atoms with van der Waals surface area (Å²) in [5.74, 6) is -4.59. The average molecular weight is 457 g/mol. The van der Waals surface area contributed by atoms with Crippen LogP contribution in [0.5, 0.6) is 0 Å². The number of nitrogens with one attached hydrogen (secondary N) is 2. The molecule has 1 fully saturated rings. The average Bonchev–Trinajstić information content (AvgIpc) is 3.18. The van der Waals surface area contributed by atoms with Crippen LogP contribution in [0.15, 0.2) is 4.99 Å². The second-order valence-electron chi connectivity index (χ2n) is 7.47. The maximum Gasteiger partial charge on any atom is 0.326 e. The first-order valence-electron chi connectivity index (χ1n) is 10.1. The number of hydrogen-bond acceptors (Lipinski definition) is 7. The van der Waals surface area contributed by atoms with E-state index < -0.39 is 60.2 Å². The molecular weight excluding hydrogens is 426 g/mol. The van der Waals surface area contributed by atoms with Gasteiger partial charge < -0.3 is 42.9 Å². The molecule has 10 N–H and O–H groups in total. The zero-order valence-electron chi connectivity index (χ0n) is 17.8. The number of nitrogens with zero attached hydrogens (tertiary/aromatic N) is 2. The number of aliphatic imine (C=N–C) groups is 1. The van der Waals surface area contributed by atoms with Gasteiger partial charge in [0.2, 0.25) is 17.7 Å². The minimum Gasteiger partial charge on any atom is -0.481 e. The van der Waals surface area contributed by atoms with E-state index in [4.69, 9.17) is 22.3 Å². The Morgan fingerprint density at radius 1 is 1.16 bits per heavy atom. The molecule has 14 heteroatoms. The molecule has 1 heterocycles. The largest absolute Gasteiger partial charge is 0.481 e. The summed E-state index contributed by atoms with van der Waals surface area (Å²) in [6.07, 6.45) is 0.661. The van der Waals surface area contributed by atoms with Gasteiger partial charge >= 0.3 is 11.9 Å². The van der Waals surface area contributed by atoms with Gasteiger partial charge in [-0.05, 0) is 32.6 Å². The Morgan fingerprint density at radius 2 is 1.81 bits per heavy atom. The molecule has 0 saturated carbocycles. The predicted octanol–water partition coefficient (Wildman–Crippen LogP) is -3.09. The number of hydrogen-bond donors (Lipinski definition) is 7. The van der Waals surface area contributed by atoms with Crippen molar-refractivity contribution in [2.45, 2.75) is 63.2 Å². The minimum atomic E-state index is -1.28. The van der Waals surface area contributed by atoms with Crippen LogP contribution in [0.1, 0.15) is 39.0 Å². The van der Waals surface area contributed by atoms with Gasteiger partial charge in [0, 0.05) is 13.1 Å². The molecule has 0 aliphatic carbocycles. The van der Waals surface area contributed by atoms with E-state index in [-0.39, 0.29) is 25.5 Å². The molecule has 4 unspecified atom stereocenters. The van der Waals surface area contributed by atoms with E-state index in [1.165, 1.54) is 11.8 Å². The smallest absolute Gasteiger partial charge is 0.326 e. The first-order valence-corrected chi connectivity index (χ1v) is 10.1. The van der Waals surface area contributed by atoms with Crippen LogP contribution in [0, 0.1) is 0 Å². The molecule has 0 aromatic heterocycles. The molecule has 14 nitrogen and oxygen atoms in total. The molecule has 1 aliphatic heterocycles. The Labute approximate surface area is 184 Å². The van der Waals surface area contributed by atoms with E-state index in [2.05, 4.69) is 15.6 Å². The lowest BCUT2D eigenvalue weighted by Gasteiger charge is -2.27.